The van der Waals surface area contributed by atoms with Crippen LogP contribution < -0.4 is 11.1 Å². The molecule has 0 spiro atoms. The SMILES string of the molecule is NC(=S)c1cc(F)c(NCc2ccncc2)c(F)c1. The third kappa shape index (κ3) is 3.23. The molecule has 6 heteroatoms. The maximum absolute atomic E-state index is 13.7. The molecule has 0 saturated carbocycles. The van der Waals surface area contributed by atoms with Crippen molar-refractivity contribution >= 4 is 22.9 Å². The Hall–Kier alpha value is -2.08. The second-order valence-electron chi connectivity index (χ2n) is 3.89. The fourth-order valence-corrected chi connectivity index (χ4v) is 1.69. The highest BCUT2D eigenvalue weighted by Crippen LogP contribution is 2.21. The van der Waals surface area contributed by atoms with Crippen LogP contribution in [-0.4, -0.2) is 9.97 Å². The lowest BCUT2D eigenvalue weighted by atomic mass is 10.1. The summed E-state index contributed by atoms with van der Waals surface area (Å²) < 4.78 is 27.5. The summed E-state index contributed by atoms with van der Waals surface area (Å²) in [5.74, 6) is -1.45. The molecule has 98 valence electrons. The molecule has 0 saturated heterocycles. The van der Waals surface area contributed by atoms with Gasteiger partial charge in [0.25, 0.3) is 0 Å². The Kier molecular flexibility index (Phi) is 4.01. The van der Waals surface area contributed by atoms with Gasteiger partial charge >= 0.3 is 0 Å². The quantitative estimate of drug-likeness (QED) is 0.845. The van der Waals surface area contributed by atoms with Gasteiger partial charge in [0.2, 0.25) is 0 Å². The summed E-state index contributed by atoms with van der Waals surface area (Å²) in [4.78, 5) is 3.82. The Balaban J connectivity index is 2.19. The van der Waals surface area contributed by atoms with Crippen LogP contribution in [0.5, 0.6) is 0 Å². The van der Waals surface area contributed by atoms with E-state index in [1.807, 2.05) is 0 Å². The fraction of sp³-hybridized carbons (Fsp3) is 0.0769. The van der Waals surface area contributed by atoms with E-state index in [1.165, 1.54) is 0 Å². The standard InChI is InChI=1S/C13H11F2N3S/c14-10-5-9(13(16)19)6-11(15)12(10)18-7-8-1-3-17-4-2-8/h1-6,18H,7H2,(H2,16,19). The molecule has 0 bridgehead atoms. The van der Waals surface area contributed by atoms with Crippen molar-refractivity contribution in [2.24, 2.45) is 5.73 Å². The van der Waals surface area contributed by atoms with E-state index in [2.05, 4.69) is 22.5 Å². The van der Waals surface area contributed by atoms with E-state index < -0.39 is 11.6 Å². The lowest BCUT2D eigenvalue weighted by molar-refractivity contribution is 0.587. The van der Waals surface area contributed by atoms with Gasteiger partial charge in [0, 0.05) is 24.5 Å². The molecule has 1 aromatic carbocycles. The molecule has 2 rings (SSSR count). The van der Waals surface area contributed by atoms with Crippen molar-refractivity contribution in [3.05, 3.63) is 59.4 Å². The Morgan fingerprint density at radius 2 is 1.79 bits per heavy atom. The lowest BCUT2D eigenvalue weighted by Crippen LogP contribution is -2.12. The maximum Gasteiger partial charge on any atom is 0.150 e. The molecule has 0 atom stereocenters. The van der Waals surface area contributed by atoms with E-state index in [0.717, 1.165) is 17.7 Å². The third-order valence-corrected chi connectivity index (χ3v) is 2.78. The van der Waals surface area contributed by atoms with Crippen molar-refractivity contribution in [2.75, 3.05) is 5.32 Å². The Bertz CT molecular complexity index is 579. The van der Waals surface area contributed by atoms with E-state index in [-0.39, 0.29) is 16.2 Å². The number of aromatic nitrogens is 1. The van der Waals surface area contributed by atoms with Crippen LogP contribution in [0.1, 0.15) is 11.1 Å². The monoisotopic (exact) mass is 279 g/mol. The Morgan fingerprint density at radius 3 is 2.32 bits per heavy atom. The topological polar surface area (TPSA) is 50.9 Å². The van der Waals surface area contributed by atoms with E-state index in [0.29, 0.717) is 6.54 Å². The second kappa shape index (κ2) is 5.71. The highest BCUT2D eigenvalue weighted by atomic mass is 32.1. The predicted molar refractivity (Wildman–Crippen MR) is 73.8 cm³/mol. The van der Waals surface area contributed by atoms with Gasteiger partial charge in [0.15, 0.2) is 0 Å². The zero-order valence-electron chi connectivity index (χ0n) is 9.86. The van der Waals surface area contributed by atoms with Crippen molar-refractivity contribution < 1.29 is 8.78 Å². The largest absolute Gasteiger partial charge is 0.389 e. The number of nitrogens with two attached hydrogens (primary N) is 1. The van der Waals surface area contributed by atoms with Gasteiger partial charge in [-0.05, 0) is 29.8 Å². The van der Waals surface area contributed by atoms with Crippen LogP contribution in [-0.2, 0) is 6.54 Å². The van der Waals surface area contributed by atoms with Gasteiger partial charge in [-0.3, -0.25) is 4.98 Å². The molecule has 3 nitrogen and oxygen atoms in total. The van der Waals surface area contributed by atoms with Crippen LogP contribution in [0.3, 0.4) is 0 Å². The predicted octanol–water partition coefficient (Wildman–Crippen LogP) is 2.61. The molecule has 0 fully saturated rings. The molecular weight excluding hydrogens is 268 g/mol. The summed E-state index contributed by atoms with van der Waals surface area (Å²) in [5, 5.41) is 2.70. The summed E-state index contributed by atoms with van der Waals surface area (Å²) in [6, 6.07) is 5.74. The molecule has 0 radical (unpaired) electrons. The first kappa shape index (κ1) is 13.4. The molecule has 1 heterocycles. The summed E-state index contributed by atoms with van der Waals surface area (Å²) in [6.07, 6.45) is 3.22. The van der Waals surface area contributed by atoms with Gasteiger partial charge in [-0.1, -0.05) is 12.2 Å². The number of thiocarbonyl (C=S) groups is 1. The van der Waals surface area contributed by atoms with Crippen LogP contribution in [0.4, 0.5) is 14.5 Å². The zero-order chi connectivity index (χ0) is 13.8. The van der Waals surface area contributed by atoms with Crippen LogP contribution in [0, 0.1) is 11.6 Å². The van der Waals surface area contributed by atoms with Crippen LogP contribution >= 0.6 is 12.2 Å². The number of rotatable bonds is 4. The molecule has 19 heavy (non-hydrogen) atoms. The summed E-state index contributed by atoms with van der Waals surface area (Å²) >= 11 is 4.68. The minimum atomic E-state index is -0.725. The molecule has 0 amide bonds. The van der Waals surface area contributed by atoms with Gasteiger partial charge in [0.1, 0.15) is 22.3 Å². The van der Waals surface area contributed by atoms with Crippen molar-refractivity contribution in [1.29, 1.82) is 0 Å². The smallest absolute Gasteiger partial charge is 0.150 e. The highest BCUT2D eigenvalue weighted by Gasteiger charge is 2.12. The van der Waals surface area contributed by atoms with Crippen LogP contribution in [0.15, 0.2) is 36.7 Å². The van der Waals surface area contributed by atoms with E-state index >= 15 is 0 Å². The Labute approximate surface area is 114 Å². The fourth-order valence-electron chi connectivity index (χ4n) is 1.58. The summed E-state index contributed by atoms with van der Waals surface area (Å²) in [5.41, 5.74) is 6.17. The molecule has 0 aliphatic heterocycles. The first-order chi connectivity index (χ1) is 9.08. The van der Waals surface area contributed by atoms with Gasteiger partial charge < -0.3 is 11.1 Å². The van der Waals surface area contributed by atoms with Gasteiger partial charge in [-0.15, -0.1) is 0 Å². The zero-order valence-corrected chi connectivity index (χ0v) is 10.7. The average Bonchev–Trinajstić information content (AvgIpc) is 2.38. The van der Waals surface area contributed by atoms with E-state index in [1.54, 1.807) is 24.5 Å². The highest BCUT2D eigenvalue weighted by molar-refractivity contribution is 7.80. The van der Waals surface area contributed by atoms with Crippen LogP contribution in [0.2, 0.25) is 0 Å². The van der Waals surface area contributed by atoms with Crippen molar-refractivity contribution in [2.45, 2.75) is 6.54 Å². The summed E-state index contributed by atoms with van der Waals surface area (Å²) in [6.45, 7) is 0.294. The van der Waals surface area contributed by atoms with Crippen LogP contribution in [0.25, 0.3) is 0 Å². The summed E-state index contributed by atoms with van der Waals surface area (Å²) in [7, 11) is 0. The van der Waals surface area contributed by atoms with Gasteiger partial charge in [-0.25, -0.2) is 8.78 Å². The number of nitrogens with one attached hydrogen (secondary N) is 1. The molecule has 0 aliphatic carbocycles. The van der Waals surface area contributed by atoms with E-state index in [9.17, 15) is 8.78 Å². The minimum Gasteiger partial charge on any atom is -0.389 e. The second-order valence-corrected chi connectivity index (χ2v) is 4.33. The van der Waals surface area contributed by atoms with Gasteiger partial charge in [0.05, 0.1) is 0 Å². The maximum atomic E-state index is 13.7. The number of benzene rings is 1. The average molecular weight is 279 g/mol. The number of halogens is 2. The molecule has 0 aliphatic rings. The van der Waals surface area contributed by atoms with E-state index in [4.69, 9.17) is 5.73 Å². The van der Waals surface area contributed by atoms with Crippen molar-refractivity contribution in [3.63, 3.8) is 0 Å². The van der Waals surface area contributed by atoms with Crippen molar-refractivity contribution in [3.8, 4) is 0 Å². The number of hydrogen-bond donors (Lipinski definition) is 2. The number of nitrogens with zero attached hydrogens (tertiary/aromatic N) is 1. The first-order valence-corrected chi connectivity index (χ1v) is 5.90. The molecule has 0 unspecified atom stereocenters. The molecular formula is C13H11F2N3S. The lowest BCUT2D eigenvalue weighted by Gasteiger charge is -2.10. The minimum absolute atomic E-state index is 0.0431. The first-order valence-electron chi connectivity index (χ1n) is 5.49. The number of hydrogen-bond acceptors (Lipinski definition) is 3. The Morgan fingerprint density at radius 1 is 1.21 bits per heavy atom. The van der Waals surface area contributed by atoms with Crippen molar-refractivity contribution in [1.82, 2.24) is 4.98 Å². The van der Waals surface area contributed by atoms with Gasteiger partial charge in [-0.2, -0.15) is 0 Å². The third-order valence-electron chi connectivity index (χ3n) is 2.55. The normalized spacial score (nSPS) is 10.2. The molecule has 3 N–H and O–H groups in total. The molecule has 2 aromatic rings. The molecule has 1 aromatic heterocycles. The number of anilines is 1. The number of pyridine rings is 1.